The van der Waals surface area contributed by atoms with Gasteiger partial charge >= 0.3 is 0 Å². The fourth-order valence-corrected chi connectivity index (χ4v) is 1.36. The van der Waals surface area contributed by atoms with Crippen molar-refractivity contribution in [3.8, 4) is 0 Å². The summed E-state index contributed by atoms with van der Waals surface area (Å²) in [6.07, 6.45) is 2.31. The highest BCUT2D eigenvalue weighted by atomic mass is 16.3. The van der Waals surface area contributed by atoms with Crippen LogP contribution in [0.2, 0.25) is 0 Å². The van der Waals surface area contributed by atoms with Gasteiger partial charge in [0.2, 0.25) is 0 Å². The molecule has 104 valence electrons. The lowest BCUT2D eigenvalue weighted by Gasteiger charge is -2.28. The van der Waals surface area contributed by atoms with Gasteiger partial charge in [0.05, 0.1) is 31.1 Å². The van der Waals surface area contributed by atoms with Gasteiger partial charge in [0, 0.05) is 25.9 Å². The number of nitrogens with zero attached hydrogens (tertiary/aromatic N) is 3. The van der Waals surface area contributed by atoms with Crippen LogP contribution in [0.4, 0.5) is 0 Å². The summed E-state index contributed by atoms with van der Waals surface area (Å²) in [5.41, 5.74) is -0.484. The molecule has 0 aliphatic heterocycles. The summed E-state index contributed by atoms with van der Waals surface area (Å²) in [5.74, 6) is 0. The first-order chi connectivity index (χ1) is 8.69. The molecule has 0 radical (unpaired) electrons. The van der Waals surface area contributed by atoms with Crippen molar-refractivity contribution in [3.05, 3.63) is 11.9 Å². The van der Waals surface area contributed by atoms with E-state index in [0.717, 1.165) is 0 Å². The number of hydrogen-bond acceptors (Lipinski definition) is 7. The standard InChI is InChI=1S/C10H20N4O4/c15-3-1-2-14-5-9(12-13-14)4-11-10(6-16,7-17)8-18/h5,11,15-18H,1-4,6-8H2. The Hall–Kier alpha value is -1.06. The number of rotatable bonds is 9. The van der Waals surface area contributed by atoms with E-state index in [1.54, 1.807) is 10.9 Å². The molecule has 5 N–H and O–H groups in total. The second kappa shape index (κ2) is 7.39. The molecule has 0 amide bonds. The van der Waals surface area contributed by atoms with E-state index < -0.39 is 5.54 Å². The summed E-state index contributed by atoms with van der Waals surface area (Å²) in [4.78, 5) is 0. The van der Waals surface area contributed by atoms with Gasteiger partial charge in [-0.05, 0) is 6.42 Å². The number of aliphatic hydroxyl groups is 4. The maximum Gasteiger partial charge on any atom is 0.0965 e. The summed E-state index contributed by atoms with van der Waals surface area (Å²) in [5, 5.41) is 46.7. The third-order valence-electron chi connectivity index (χ3n) is 2.68. The highest BCUT2D eigenvalue weighted by molar-refractivity contribution is 4.95. The van der Waals surface area contributed by atoms with Gasteiger partial charge in [0.25, 0.3) is 0 Å². The van der Waals surface area contributed by atoms with Crippen LogP contribution < -0.4 is 5.32 Å². The summed E-state index contributed by atoms with van der Waals surface area (Å²) in [7, 11) is 0. The van der Waals surface area contributed by atoms with E-state index in [4.69, 9.17) is 20.4 Å². The first kappa shape index (κ1) is 15.0. The molecule has 0 spiro atoms. The molecular formula is C10H20N4O4. The second-order valence-corrected chi connectivity index (χ2v) is 4.16. The fraction of sp³-hybridized carbons (Fsp3) is 0.800. The third-order valence-corrected chi connectivity index (χ3v) is 2.68. The SMILES string of the molecule is OCCCn1cc(CNC(CO)(CO)CO)nn1. The van der Waals surface area contributed by atoms with Crippen LogP contribution in [-0.2, 0) is 13.1 Å². The van der Waals surface area contributed by atoms with Gasteiger partial charge in [-0.3, -0.25) is 10.00 Å². The minimum atomic E-state index is -1.12. The van der Waals surface area contributed by atoms with Crippen molar-refractivity contribution in [2.45, 2.75) is 25.0 Å². The molecule has 18 heavy (non-hydrogen) atoms. The topological polar surface area (TPSA) is 124 Å². The van der Waals surface area contributed by atoms with Gasteiger partial charge in [0.15, 0.2) is 0 Å². The number of aliphatic hydroxyl groups excluding tert-OH is 4. The number of nitrogens with one attached hydrogen (secondary N) is 1. The Balaban J connectivity index is 2.49. The number of aromatic nitrogens is 3. The molecule has 0 aliphatic carbocycles. The monoisotopic (exact) mass is 260 g/mol. The van der Waals surface area contributed by atoms with E-state index in [-0.39, 0.29) is 33.0 Å². The van der Waals surface area contributed by atoms with Crippen LogP contribution in [0.15, 0.2) is 6.20 Å². The highest BCUT2D eigenvalue weighted by Crippen LogP contribution is 2.04. The molecule has 1 aromatic rings. The Bertz CT molecular complexity index is 332. The lowest BCUT2D eigenvalue weighted by molar-refractivity contribution is 0.0411. The maximum atomic E-state index is 9.12. The Morgan fingerprint density at radius 2 is 1.83 bits per heavy atom. The average Bonchev–Trinajstić information content (AvgIpc) is 2.87. The summed E-state index contributed by atoms with van der Waals surface area (Å²) >= 11 is 0. The van der Waals surface area contributed by atoms with E-state index in [9.17, 15) is 0 Å². The molecule has 0 aliphatic rings. The van der Waals surface area contributed by atoms with E-state index >= 15 is 0 Å². The molecule has 8 heteroatoms. The molecular weight excluding hydrogens is 240 g/mol. The molecule has 0 saturated heterocycles. The predicted molar refractivity (Wildman–Crippen MR) is 62.6 cm³/mol. The van der Waals surface area contributed by atoms with Crippen LogP contribution in [0.25, 0.3) is 0 Å². The molecule has 0 atom stereocenters. The number of aryl methyl sites for hydroxylation is 1. The lowest BCUT2D eigenvalue weighted by atomic mass is 10.0. The largest absolute Gasteiger partial charge is 0.396 e. The van der Waals surface area contributed by atoms with Crippen molar-refractivity contribution >= 4 is 0 Å². The first-order valence-corrected chi connectivity index (χ1v) is 5.77. The normalized spacial score (nSPS) is 12.0. The van der Waals surface area contributed by atoms with Gasteiger partial charge < -0.3 is 20.4 Å². The molecule has 1 heterocycles. The molecule has 0 unspecified atom stereocenters. The molecule has 0 bridgehead atoms. The number of hydrogen-bond donors (Lipinski definition) is 5. The van der Waals surface area contributed by atoms with E-state index in [2.05, 4.69) is 15.6 Å². The van der Waals surface area contributed by atoms with Crippen LogP contribution in [-0.4, -0.2) is 67.4 Å². The van der Waals surface area contributed by atoms with Gasteiger partial charge in [-0.15, -0.1) is 5.10 Å². The summed E-state index contributed by atoms with van der Waals surface area (Å²) < 4.78 is 1.60. The minimum Gasteiger partial charge on any atom is -0.396 e. The highest BCUT2D eigenvalue weighted by Gasteiger charge is 2.27. The van der Waals surface area contributed by atoms with Crippen molar-refractivity contribution in [2.75, 3.05) is 26.4 Å². The van der Waals surface area contributed by atoms with Crippen molar-refractivity contribution in [1.82, 2.24) is 20.3 Å². The van der Waals surface area contributed by atoms with Crippen molar-refractivity contribution < 1.29 is 20.4 Å². The van der Waals surface area contributed by atoms with Crippen LogP contribution in [0.3, 0.4) is 0 Å². The van der Waals surface area contributed by atoms with Gasteiger partial charge in [0.1, 0.15) is 0 Å². The molecule has 0 saturated carbocycles. The smallest absolute Gasteiger partial charge is 0.0965 e. The first-order valence-electron chi connectivity index (χ1n) is 5.77. The van der Waals surface area contributed by atoms with Crippen molar-refractivity contribution in [3.63, 3.8) is 0 Å². The van der Waals surface area contributed by atoms with Gasteiger partial charge in [-0.2, -0.15) is 0 Å². The average molecular weight is 260 g/mol. The molecule has 1 rings (SSSR count). The minimum absolute atomic E-state index is 0.0933. The Morgan fingerprint density at radius 1 is 1.17 bits per heavy atom. The molecule has 0 aromatic carbocycles. The predicted octanol–water partition coefficient (Wildman–Crippen LogP) is -2.53. The fourth-order valence-electron chi connectivity index (χ4n) is 1.36. The Kier molecular flexibility index (Phi) is 6.16. The molecule has 1 aromatic heterocycles. The maximum absolute atomic E-state index is 9.12. The summed E-state index contributed by atoms with van der Waals surface area (Å²) in [6, 6.07) is 0. The van der Waals surface area contributed by atoms with Crippen LogP contribution in [0, 0.1) is 0 Å². The van der Waals surface area contributed by atoms with E-state index in [0.29, 0.717) is 18.7 Å². The zero-order valence-corrected chi connectivity index (χ0v) is 10.2. The van der Waals surface area contributed by atoms with Crippen LogP contribution >= 0.6 is 0 Å². The Labute approximate surface area is 105 Å². The molecule has 0 fully saturated rings. The van der Waals surface area contributed by atoms with E-state index in [1.165, 1.54) is 0 Å². The Morgan fingerprint density at radius 3 is 2.39 bits per heavy atom. The van der Waals surface area contributed by atoms with Gasteiger partial charge in [-0.1, -0.05) is 5.21 Å². The summed E-state index contributed by atoms with van der Waals surface area (Å²) in [6.45, 7) is -0.179. The zero-order valence-electron chi connectivity index (χ0n) is 10.2. The third kappa shape index (κ3) is 4.00. The second-order valence-electron chi connectivity index (χ2n) is 4.16. The zero-order chi connectivity index (χ0) is 13.4. The lowest BCUT2D eigenvalue weighted by Crippen LogP contribution is -2.54. The van der Waals surface area contributed by atoms with Crippen LogP contribution in [0.1, 0.15) is 12.1 Å². The van der Waals surface area contributed by atoms with E-state index in [1.807, 2.05) is 0 Å². The van der Waals surface area contributed by atoms with Crippen LogP contribution in [0.5, 0.6) is 0 Å². The van der Waals surface area contributed by atoms with Crippen molar-refractivity contribution in [2.24, 2.45) is 0 Å². The molecule has 8 nitrogen and oxygen atoms in total. The van der Waals surface area contributed by atoms with Crippen molar-refractivity contribution in [1.29, 1.82) is 0 Å². The quantitative estimate of drug-likeness (QED) is 0.331. The van der Waals surface area contributed by atoms with Gasteiger partial charge in [-0.25, -0.2) is 0 Å².